The minimum absolute atomic E-state index is 0.00849. The van der Waals surface area contributed by atoms with Crippen LogP contribution in [0.15, 0.2) is 0 Å². The van der Waals surface area contributed by atoms with Crippen molar-refractivity contribution < 1.29 is 22.7 Å². The van der Waals surface area contributed by atoms with Crippen molar-refractivity contribution in [2.24, 2.45) is 0 Å². The number of hydrogen-bond donors (Lipinski definition) is 0. The van der Waals surface area contributed by atoms with E-state index in [0.29, 0.717) is 13.2 Å². The fraction of sp³-hybridized carbons (Fsp3) is 0.800. The Balaban J connectivity index is 0.000000202. The Morgan fingerprint density at radius 2 is 1.75 bits per heavy atom. The van der Waals surface area contributed by atoms with E-state index in [0.717, 1.165) is 0 Å². The molecule has 7 heteroatoms. The molecule has 0 spiro atoms. The summed E-state index contributed by atoms with van der Waals surface area (Å²) in [6, 6.07) is 0. The monoisotopic (exact) mass is 216 g/mol. The van der Waals surface area contributed by atoms with Gasteiger partial charge in [0.2, 0.25) is 9.05 Å². The van der Waals surface area contributed by atoms with Gasteiger partial charge in [-0.2, -0.15) is 0 Å². The Kier molecular flexibility index (Phi) is 5.00. The smallest absolute Gasteiger partial charge is 0.431 e. The van der Waals surface area contributed by atoms with Crippen molar-refractivity contribution in [2.45, 2.75) is 6.92 Å². The first-order valence-electron chi connectivity index (χ1n) is 3.17. The van der Waals surface area contributed by atoms with Gasteiger partial charge < -0.3 is 9.47 Å². The zero-order valence-corrected chi connectivity index (χ0v) is 8.02. The molecule has 1 fully saturated rings. The van der Waals surface area contributed by atoms with E-state index in [4.69, 9.17) is 0 Å². The summed E-state index contributed by atoms with van der Waals surface area (Å²) < 4.78 is 28.1. The molecule has 0 N–H and O–H groups in total. The van der Waals surface area contributed by atoms with Crippen molar-refractivity contribution in [3.05, 3.63) is 0 Å². The second-order valence-corrected chi connectivity index (χ2v) is 4.84. The molecule has 0 saturated carbocycles. The van der Waals surface area contributed by atoms with Crippen molar-refractivity contribution in [3.8, 4) is 0 Å². The van der Waals surface area contributed by atoms with Crippen LogP contribution < -0.4 is 0 Å². The molecule has 0 bridgehead atoms. The van der Waals surface area contributed by atoms with Crippen LogP contribution in [0.4, 0.5) is 4.79 Å². The van der Waals surface area contributed by atoms with Gasteiger partial charge in [-0.25, -0.2) is 13.2 Å². The maximum Gasteiger partial charge on any atom is 0.508 e. The van der Waals surface area contributed by atoms with Crippen molar-refractivity contribution >= 4 is 25.9 Å². The molecule has 0 unspecified atom stereocenters. The Bertz CT molecular complexity index is 226. The maximum atomic E-state index is 9.80. The van der Waals surface area contributed by atoms with Gasteiger partial charge in [0.25, 0.3) is 0 Å². The highest BCUT2D eigenvalue weighted by Crippen LogP contribution is 1.92. The van der Waals surface area contributed by atoms with Crippen LogP contribution in [0, 0.1) is 0 Å². The second kappa shape index (κ2) is 5.21. The molecule has 1 aliphatic heterocycles. The van der Waals surface area contributed by atoms with E-state index >= 15 is 0 Å². The van der Waals surface area contributed by atoms with Gasteiger partial charge in [-0.05, 0) is 0 Å². The largest absolute Gasteiger partial charge is 0.508 e. The van der Waals surface area contributed by atoms with E-state index in [1.165, 1.54) is 6.92 Å². The Morgan fingerprint density at radius 3 is 1.83 bits per heavy atom. The first-order chi connectivity index (χ1) is 5.45. The van der Waals surface area contributed by atoms with Gasteiger partial charge in [0.15, 0.2) is 0 Å². The number of hydrogen-bond acceptors (Lipinski definition) is 5. The lowest BCUT2D eigenvalue weighted by molar-refractivity contribution is 0.131. The van der Waals surface area contributed by atoms with E-state index in [9.17, 15) is 13.2 Å². The van der Waals surface area contributed by atoms with E-state index in [-0.39, 0.29) is 5.75 Å². The van der Waals surface area contributed by atoms with Crippen LogP contribution in [0.5, 0.6) is 0 Å². The van der Waals surface area contributed by atoms with Gasteiger partial charge in [0.1, 0.15) is 13.2 Å². The summed E-state index contributed by atoms with van der Waals surface area (Å²) >= 11 is 0. The third-order valence-corrected chi connectivity index (χ3v) is 2.21. The van der Waals surface area contributed by atoms with Crippen LogP contribution >= 0.6 is 10.7 Å². The lowest BCUT2D eigenvalue weighted by atomic mass is 10.8. The third-order valence-electron chi connectivity index (χ3n) is 0.868. The summed E-state index contributed by atoms with van der Waals surface area (Å²) in [5.74, 6) is 0.00849. The highest BCUT2D eigenvalue weighted by molar-refractivity contribution is 8.13. The highest BCUT2D eigenvalue weighted by Gasteiger charge is 2.09. The molecule has 0 aromatic heterocycles. The van der Waals surface area contributed by atoms with Gasteiger partial charge >= 0.3 is 6.16 Å². The molecule has 0 aromatic rings. The summed E-state index contributed by atoms with van der Waals surface area (Å²) in [6.07, 6.45) is -0.546. The zero-order valence-electron chi connectivity index (χ0n) is 6.45. The fourth-order valence-corrected chi connectivity index (χ4v) is 0.292. The van der Waals surface area contributed by atoms with Gasteiger partial charge in [-0.15, -0.1) is 0 Å². The van der Waals surface area contributed by atoms with Crippen LogP contribution in [-0.2, 0) is 18.5 Å². The van der Waals surface area contributed by atoms with Crippen molar-refractivity contribution in [1.29, 1.82) is 0 Å². The van der Waals surface area contributed by atoms with Gasteiger partial charge in [-0.3, -0.25) is 0 Å². The first-order valence-corrected chi connectivity index (χ1v) is 5.65. The Morgan fingerprint density at radius 1 is 1.42 bits per heavy atom. The first kappa shape index (κ1) is 11.5. The molecule has 1 saturated heterocycles. The van der Waals surface area contributed by atoms with Gasteiger partial charge in [-0.1, -0.05) is 6.92 Å². The van der Waals surface area contributed by atoms with E-state index in [2.05, 4.69) is 20.2 Å². The van der Waals surface area contributed by atoms with Crippen LogP contribution in [0.3, 0.4) is 0 Å². The van der Waals surface area contributed by atoms with E-state index in [1.54, 1.807) is 0 Å². The standard InChI is InChI=1S/C3H4O3.C2H5ClO2S/c4-3-5-1-2-6-3;1-2-6(3,4)5/h1-2H2;2H2,1H3. The molecule has 1 rings (SSSR count). The number of carbonyl (C=O) groups is 1. The number of ether oxygens (including phenoxy) is 2. The predicted octanol–water partition coefficient (Wildman–Crippen LogP) is 0.728. The molecular weight excluding hydrogens is 208 g/mol. The topological polar surface area (TPSA) is 69.7 Å². The average Bonchev–Trinajstić information content (AvgIpc) is 2.39. The summed E-state index contributed by atoms with van der Waals surface area (Å²) in [5.41, 5.74) is 0. The van der Waals surface area contributed by atoms with E-state index in [1.807, 2.05) is 0 Å². The van der Waals surface area contributed by atoms with Crippen molar-refractivity contribution in [3.63, 3.8) is 0 Å². The minimum Gasteiger partial charge on any atom is -0.431 e. The average molecular weight is 217 g/mol. The molecule has 1 heterocycles. The van der Waals surface area contributed by atoms with Crippen molar-refractivity contribution in [2.75, 3.05) is 19.0 Å². The molecule has 1 aliphatic rings. The highest BCUT2D eigenvalue weighted by atomic mass is 35.7. The molecular formula is C5H9ClO5S. The summed E-state index contributed by atoms with van der Waals surface area (Å²) in [4.78, 5) is 9.80. The molecule has 12 heavy (non-hydrogen) atoms. The number of halogens is 1. The predicted molar refractivity (Wildman–Crippen MR) is 42.6 cm³/mol. The van der Waals surface area contributed by atoms with E-state index < -0.39 is 15.2 Å². The Hall–Kier alpha value is -0.490. The molecule has 0 radical (unpaired) electrons. The van der Waals surface area contributed by atoms with Crippen molar-refractivity contribution in [1.82, 2.24) is 0 Å². The SMILES string of the molecule is CCS(=O)(=O)Cl.O=C1OCCO1. The lowest BCUT2D eigenvalue weighted by Gasteiger charge is -1.78. The molecule has 0 atom stereocenters. The van der Waals surface area contributed by atoms with Gasteiger partial charge in [0, 0.05) is 10.7 Å². The number of cyclic esters (lactones) is 2. The Labute approximate surface area is 75.0 Å². The molecule has 0 aliphatic carbocycles. The molecule has 72 valence electrons. The normalized spacial score (nSPS) is 15.7. The second-order valence-electron chi connectivity index (χ2n) is 1.77. The quantitative estimate of drug-likeness (QED) is 0.477. The zero-order chi connectivity index (χ0) is 9.61. The van der Waals surface area contributed by atoms with Crippen LogP contribution in [0.1, 0.15) is 6.92 Å². The minimum atomic E-state index is -3.19. The molecule has 0 amide bonds. The number of rotatable bonds is 1. The van der Waals surface area contributed by atoms with Gasteiger partial charge in [0.05, 0.1) is 5.75 Å². The molecule has 0 aromatic carbocycles. The maximum absolute atomic E-state index is 9.80. The van der Waals surface area contributed by atoms with Crippen LogP contribution in [0.25, 0.3) is 0 Å². The van der Waals surface area contributed by atoms with Crippen LogP contribution in [0.2, 0.25) is 0 Å². The summed E-state index contributed by atoms with van der Waals surface area (Å²) in [7, 11) is 1.50. The summed E-state index contributed by atoms with van der Waals surface area (Å²) in [6.45, 7) is 2.32. The third kappa shape index (κ3) is 7.62. The lowest BCUT2D eigenvalue weighted by Crippen LogP contribution is -1.88. The fourth-order valence-electron chi connectivity index (χ4n) is 0.292. The number of carbonyl (C=O) groups excluding carboxylic acids is 1. The van der Waals surface area contributed by atoms with Crippen LogP contribution in [-0.4, -0.2) is 33.5 Å². The summed E-state index contributed by atoms with van der Waals surface area (Å²) in [5, 5.41) is 0. The molecule has 5 nitrogen and oxygen atoms in total.